The topological polar surface area (TPSA) is 86.4 Å². The van der Waals surface area contributed by atoms with Gasteiger partial charge in [0, 0.05) is 37.6 Å². The lowest BCUT2D eigenvalue weighted by Crippen LogP contribution is -2.50. The number of carbonyl (C=O) groups excluding carboxylic acids is 1. The number of nitrogens with zero attached hydrogens (tertiary/aromatic N) is 4. The highest BCUT2D eigenvalue weighted by atomic mass is 19.4. The normalized spacial score (nSPS) is 14.2. The molecule has 0 spiro atoms. The molecule has 2 aromatic heterocycles. The van der Waals surface area contributed by atoms with E-state index in [1.54, 1.807) is 17.0 Å². The van der Waals surface area contributed by atoms with E-state index < -0.39 is 6.36 Å². The summed E-state index contributed by atoms with van der Waals surface area (Å²) in [6, 6.07) is 12.7. The minimum atomic E-state index is -4.78. The molecule has 0 radical (unpaired) electrons. The van der Waals surface area contributed by atoms with E-state index in [4.69, 9.17) is 0 Å². The van der Waals surface area contributed by atoms with Crippen LogP contribution in [0.15, 0.2) is 60.9 Å². The number of benzene rings is 2. The lowest BCUT2D eigenvalue weighted by molar-refractivity contribution is -0.274. The van der Waals surface area contributed by atoms with Gasteiger partial charge in [0.1, 0.15) is 29.4 Å². The zero-order valence-electron chi connectivity index (χ0n) is 18.7. The predicted molar refractivity (Wildman–Crippen MR) is 125 cm³/mol. The maximum absolute atomic E-state index is 13.3. The smallest absolute Gasteiger partial charge is 0.406 e. The summed E-state index contributed by atoms with van der Waals surface area (Å²) in [6.45, 7) is 1.88. The molecule has 0 bridgehead atoms. The zero-order chi connectivity index (χ0) is 25.3. The maximum Gasteiger partial charge on any atom is 0.573 e. The van der Waals surface area contributed by atoms with Crippen molar-refractivity contribution in [2.45, 2.75) is 6.36 Å². The molecular formula is C24H20F4N6O2. The van der Waals surface area contributed by atoms with Crippen molar-refractivity contribution in [2.24, 2.45) is 0 Å². The Morgan fingerprint density at radius 2 is 1.67 bits per heavy atom. The van der Waals surface area contributed by atoms with Gasteiger partial charge in [-0.3, -0.25) is 0 Å². The molecule has 0 atom stereocenters. The molecule has 1 saturated heterocycles. The second kappa shape index (κ2) is 9.36. The molecule has 4 aromatic rings. The van der Waals surface area contributed by atoms with E-state index in [1.165, 1.54) is 30.6 Å². The van der Waals surface area contributed by atoms with Gasteiger partial charge in [-0.25, -0.2) is 19.2 Å². The van der Waals surface area contributed by atoms with Crippen molar-refractivity contribution in [3.8, 4) is 17.0 Å². The minimum absolute atomic E-state index is 0.315. The summed E-state index contributed by atoms with van der Waals surface area (Å²) in [4.78, 5) is 28.3. The third-order valence-electron chi connectivity index (χ3n) is 5.77. The van der Waals surface area contributed by atoms with Crippen LogP contribution in [0, 0.1) is 5.82 Å². The second-order valence-electron chi connectivity index (χ2n) is 8.13. The average Bonchev–Trinajstić information content (AvgIpc) is 3.29. The maximum atomic E-state index is 13.3. The fraction of sp³-hybridized carbons (Fsp3) is 0.208. The van der Waals surface area contributed by atoms with Gasteiger partial charge in [0.2, 0.25) is 0 Å². The van der Waals surface area contributed by atoms with Crippen LogP contribution < -0.4 is 15.0 Å². The van der Waals surface area contributed by atoms with Crippen LogP contribution in [0.5, 0.6) is 5.75 Å². The van der Waals surface area contributed by atoms with E-state index >= 15 is 0 Å². The van der Waals surface area contributed by atoms with Gasteiger partial charge in [-0.05, 0) is 60.2 Å². The van der Waals surface area contributed by atoms with Crippen molar-refractivity contribution in [3.63, 3.8) is 0 Å². The van der Waals surface area contributed by atoms with Crippen molar-refractivity contribution in [1.29, 1.82) is 0 Å². The number of carbonyl (C=O) groups is 1. The number of ether oxygens (including phenoxy) is 1. The Labute approximate surface area is 202 Å². The first-order valence-corrected chi connectivity index (χ1v) is 11.0. The number of aromatic nitrogens is 3. The Hall–Kier alpha value is -4.35. The number of alkyl halides is 3. The molecule has 0 saturated carbocycles. The van der Waals surface area contributed by atoms with Crippen LogP contribution in [0.1, 0.15) is 0 Å². The molecule has 1 aliphatic heterocycles. The number of H-pyrrole nitrogens is 1. The summed E-state index contributed by atoms with van der Waals surface area (Å²) in [7, 11) is 0. The monoisotopic (exact) mass is 500 g/mol. The van der Waals surface area contributed by atoms with Gasteiger partial charge in [0.25, 0.3) is 0 Å². The highest BCUT2D eigenvalue weighted by Gasteiger charge is 2.31. The number of hydrogen-bond acceptors (Lipinski definition) is 5. The van der Waals surface area contributed by atoms with E-state index in [1.807, 2.05) is 6.07 Å². The average molecular weight is 500 g/mol. The lowest BCUT2D eigenvalue weighted by Gasteiger charge is -2.35. The van der Waals surface area contributed by atoms with Gasteiger partial charge in [0.05, 0.1) is 5.39 Å². The van der Waals surface area contributed by atoms with Crippen LogP contribution in [0.25, 0.3) is 22.3 Å². The third-order valence-corrected chi connectivity index (χ3v) is 5.77. The molecule has 5 rings (SSSR count). The van der Waals surface area contributed by atoms with Crippen LogP contribution in [0.2, 0.25) is 0 Å². The SMILES string of the molecule is O=C(Nc1ccc(OC(F)(F)F)cc1)N1CCN(c2ncnc3[nH]c(-c4ccc(F)cc4)cc23)CC1. The van der Waals surface area contributed by atoms with Gasteiger partial charge in [-0.15, -0.1) is 13.2 Å². The number of hydrogen-bond donors (Lipinski definition) is 2. The molecule has 2 N–H and O–H groups in total. The third kappa shape index (κ3) is 5.16. The molecule has 3 heterocycles. The second-order valence-corrected chi connectivity index (χ2v) is 8.13. The molecule has 8 nitrogen and oxygen atoms in total. The van der Waals surface area contributed by atoms with Crippen LogP contribution >= 0.6 is 0 Å². The van der Waals surface area contributed by atoms with Crippen LogP contribution in [-0.2, 0) is 0 Å². The van der Waals surface area contributed by atoms with E-state index in [9.17, 15) is 22.4 Å². The summed E-state index contributed by atoms with van der Waals surface area (Å²) in [6.07, 6.45) is -3.31. The van der Waals surface area contributed by atoms with Gasteiger partial charge < -0.3 is 24.8 Å². The number of piperazine rings is 1. The molecule has 1 aliphatic rings. The summed E-state index contributed by atoms with van der Waals surface area (Å²) in [5.74, 6) is 0.0484. The first-order valence-electron chi connectivity index (χ1n) is 11.0. The largest absolute Gasteiger partial charge is 0.573 e. The van der Waals surface area contributed by atoms with Gasteiger partial charge in [-0.1, -0.05) is 0 Å². The fourth-order valence-electron chi connectivity index (χ4n) is 4.03. The van der Waals surface area contributed by atoms with Gasteiger partial charge in [0.15, 0.2) is 0 Å². The predicted octanol–water partition coefficient (Wildman–Crippen LogP) is 5.02. The zero-order valence-corrected chi connectivity index (χ0v) is 18.7. The van der Waals surface area contributed by atoms with Crippen molar-refractivity contribution < 1.29 is 27.1 Å². The number of rotatable bonds is 4. The van der Waals surface area contributed by atoms with Crippen molar-refractivity contribution in [1.82, 2.24) is 19.9 Å². The Balaban J connectivity index is 1.23. The van der Waals surface area contributed by atoms with Gasteiger partial charge in [-0.2, -0.15) is 0 Å². The number of halogens is 4. The van der Waals surface area contributed by atoms with Crippen molar-refractivity contribution in [2.75, 3.05) is 36.4 Å². The number of nitrogens with one attached hydrogen (secondary N) is 2. The fourth-order valence-corrected chi connectivity index (χ4v) is 4.03. The molecular weight excluding hydrogens is 480 g/mol. The number of anilines is 2. The highest BCUT2D eigenvalue weighted by molar-refractivity contribution is 5.92. The molecule has 2 aromatic carbocycles. The van der Waals surface area contributed by atoms with Crippen LogP contribution in [0.4, 0.5) is 33.9 Å². The number of fused-ring (bicyclic) bond motifs is 1. The van der Waals surface area contributed by atoms with E-state index in [-0.39, 0.29) is 17.6 Å². The molecule has 1 fully saturated rings. The molecule has 0 aliphatic carbocycles. The standard InChI is InChI=1S/C24H20F4N6O2/c25-16-3-1-15(2-4-16)20-13-19-21(32-20)29-14-30-22(19)33-9-11-34(12-10-33)23(35)31-17-5-7-18(8-6-17)36-24(26,27)28/h1-8,13-14H,9-12H2,(H,31,35)(H,29,30,32). The molecule has 2 amide bonds. The molecule has 36 heavy (non-hydrogen) atoms. The molecule has 0 unspecified atom stereocenters. The number of urea groups is 1. The van der Waals surface area contributed by atoms with Crippen LogP contribution in [0.3, 0.4) is 0 Å². The molecule has 12 heteroatoms. The highest BCUT2D eigenvalue weighted by Crippen LogP contribution is 2.29. The van der Waals surface area contributed by atoms with E-state index in [0.717, 1.165) is 34.6 Å². The summed E-state index contributed by atoms with van der Waals surface area (Å²) in [5.41, 5.74) is 2.61. The Morgan fingerprint density at radius 1 is 0.972 bits per heavy atom. The van der Waals surface area contributed by atoms with Gasteiger partial charge >= 0.3 is 12.4 Å². The Morgan fingerprint density at radius 3 is 2.33 bits per heavy atom. The molecule has 186 valence electrons. The minimum Gasteiger partial charge on any atom is -0.406 e. The lowest BCUT2D eigenvalue weighted by atomic mass is 10.1. The van der Waals surface area contributed by atoms with Crippen molar-refractivity contribution >= 4 is 28.6 Å². The quantitative estimate of drug-likeness (QED) is 0.385. The van der Waals surface area contributed by atoms with E-state index in [2.05, 4.69) is 29.9 Å². The first kappa shape index (κ1) is 23.4. The Bertz CT molecular complexity index is 1360. The first-order chi connectivity index (χ1) is 17.2. The van der Waals surface area contributed by atoms with Crippen LogP contribution in [-0.4, -0.2) is 58.4 Å². The number of amides is 2. The Kier molecular flexibility index (Phi) is 6.08. The van der Waals surface area contributed by atoms with Crippen molar-refractivity contribution in [3.05, 3.63) is 66.7 Å². The summed E-state index contributed by atoms with van der Waals surface area (Å²) < 4.78 is 54.0. The van der Waals surface area contributed by atoms with E-state index in [0.29, 0.717) is 37.5 Å². The summed E-state index contributed by atoms with van der Waals surface area (Å²) in [5, 5.41) is 3.50. The number of aromatic amines is 1. The summed E-state index contributed by atoms with van der Waals surface area (Å²) >= 11 is 0.